The highest BCUT2D eigenvalue weighted by Gasteiger charge is 2.26. The third-order valence-corrected chi connectivity index (χ3v) is 2.70. The summed E-state index contributed by atoms with van der Waals surface area (Å²) >= 11 is 0. The summed E-state index contributed by atoms with van der Waals surface area (Å²) in [5.74, 6) is 0. The van der Waals surface area contributed by atoms with E-state index in [1.807, 2.05) is 26.8 Å². The number of carbonyl (C=O) groups is 1. The second-order valence-corrected chi connectivity index (χ2v) is 5.55. The molecule has 1 aliphatic carbocycles. The van der Waals surface area contributed by atoms with E-state index in [9.17, 15) is 4.79 Å². The topological polar surface area (TPSA) is 50.4 Å². The first-order valence-electron chi connectivity index (χ1n) is 6.24. The fourth-order valence-electron chi connectivity index (χ4n) is 2.02. The Kier molecular flexibility index (Phi) is 5.00. The first-order chi connectivity index (χ1) is 7.90. The van der Waals surface area contributed by atoms with Gasteiger partial charge in [-0.1, -0.05) is 6.08 Å². The molecule has 1 rings (SSSR count). The van der Waals surface area contributed by atoms with E-state index in [0.717, 1.165) is 25.8 Å². The molecule has 0 aromatic rings. The lowest BCUT2D eigenvalue weighted by Gasteiger charge is -2.21. The third-order valence-electron chi connectivity index (χ3n) is 2.70. The zero-order valence-corrected chi connectivity index (χ0v) is 11.1. The fraction of sp³-hybridized carbons (Fsp3) is 0.769. The van der Waals surface area contributed by atoms with Crippen LogP contribution in [-0.4, -0.2) is 30.3 Å². The molecule has 0 saturated heterocycles. The Labute approximate surface area is 104 Å². The van der Waals surface area contributed by atoms with Crippen molar-refractivity contribution in [1.82, 2.24) is 10.6 Å². The number of amides is 1. The molecule has 1 aliphatic rings. The van der Waals surface area contributed by atoms with E-state index in [4.69, 9.17) is 4.74 Å². The smallest absolute Gasteiger partial charge is 0.407 e. The summed E-state index contributed by atoms with van der Waals surface area (Å²) in [5.41, 5.74) is -0.427. The summed E-state index contributed by atoms with van der Waals surface area (Å²) in [7, 11) is 0. The van der Waals surface area contributed by atoms with Gasteiger partial charge in [-0.15, -0.1) is 6.58 Å². The van der Waals surface area contributed by atoms with Gasteiger partial charge in [-0.3, -0.25) is 0 Å². The number of alkyl carbamates (subject to hydrolysis) is 1. The van der Waals surface area contributed by atoms with Gasteiger partial charge in [0.2, 0.25) is 0 Å². The van der Waals surface area contributed by atoms with E-state index in [2.05, 4.69) is 17.2 Å². The molecule has 4 nitrogen and oxygen atoms in total. The molecule has 1 amide bonds. The highest BCUT2D eigenvalue weighted by molar-refractivity contribution is 5.68. The molecule has 2 N–H and O–H groups in total. The lowest BCUT2D eigenvalue weighted by Crippen LogP contribution is -2.39. The molecule has 0 heterocycles. The molecule has 0 aromatic carbocycles. The molecule has 1 saturated carbocycles. The zero-order chi connectivity index (χ0) is 12.9. The average Bonchev–Trinajstić information content (AvgIpc) is 2.59. The minimum atomic E-state index is -0.427. The number of rotatable bonds is 4. The SMILES string of the molecule is C=CCNC1CCC(NC(=O)OC(C)(C)C)C1. The van der Waals surface area contributed by atoms with Gasteiger partial charge >= 0.3 is 6.09 Å². The van der Waals surface area contributed by atoms with E-state index in [-0.39, 0.29) is 12.1 Å². The summed E-state index contributed by atoms with van der Waals surface area (Å²) in [5, 5.41) is 6.29. The van der Waals surface area contributed by atoms with Crippen molar-refractivity contribution >= 4 is 6.09 Å². The van der Waals surface area contributed by atoms with Gasteiger partial charge in [-0.25, -0.2) is 4.79 Å². The van der Waals surface area contributed by atoms with Crippen molar-refractivity contribution in [2.45, 2.75) is 57.7 Å². The largest absolute Gasteiger partial charge is 0.444 e. The molecular weight excluding hydrogens is 216 g/mol. The van der Waals surface area contributed by atoms with Gasteiger partial charge in [0.15, 0.2) is 0 Å². The van der Waals surface area contributed by atoms with Crippen LogP contribution in [0.5, 0.6) is 0 Å². The van der Waals surface area contributed by atoms with Gasteiger partial charge in [-0.05, 0) is 40.0 Å². The maximum absolute atomic E-state index is 11.6. The Morgan fingerprint density at radius 1 is 1.41 bits per heavy atom. The van der Waals surface area contributed by atoms with Crippen LogP contribution in [0.3, 0.4) is 0 Å². The summed E-state index contributed by atoms with van der Waals surface area (Å²) in [4.78, 5) is 11.6. The Morgan fingerprint density at radius 3 is 2.65 bits per heavy atom. The molecule has 0 aliphatic heterocycles. The standard InChI is InChI=1S/C13H24N2O2/c1-5-8-14-10-6-7-11(9-10)15-12(16)17-13(2,3)4/h5,10-11,14H,1,6-9H2,2-4H3,(H,15,16). The van der Waals surface area contributed by atoms with Crippen molar-refractivity contribution in [2.75, 3.05) is 6.54 Å². The van der Waals surface area contributed by atoms with E-state index in [1.54, 1.807) is 0 Å². The molecule has 1 fully saturated rings. The molecule has 2 unspecified atom stereocenters. The lowest BCUT2D eigenvalue weighted by atomic mass is 10.2. The first-order valence-corrected chi connectivity index (χ1v) is 6.24. The second kappa shape index (κ2) is 6.05. The Balaban J connectivity index is 2.25. The summed E-state index contributed by atoms with van der Waals surface area (Å²) in [6.45, 7) is 10.1. The fourth-order valence-corrected chi connectivity index (χ4v) is 2.02. The molecule has 98 valence electrons. The van der Waals surface area contributed by atoms with Crippen LogP contribution in [0, 0.1) is 0 Å². The molecular formula is C13H24N2O2. The minimum absolute atomic E-state index is 0.229. The van der Waals surface area contributed by atoms with Crippen LogP contribution in [0.4, 0.5) is 4.79 Å². The van der Waals surface area contributed by atoms with Gasteiger partial charge in [-0.2, -0.15) is 0 Å². The van der Waals surface area contributed by atoms with Crippen LogP contribution >= 0.6 is 0 Å². The summed E-state index contributed by atoms with van der Waals surface area (Å²) in [6, 6.07) is 0.708. The van der Waals surface area contributed by atoms with Crippen LogP contribution in [0.2, 0.25) is 0 Å². The predicted molar refractivity (Wildman–Crippen MR) is 69.0 cm³/mol. The van der Waals surface area contributed by atoms with E-state index < -0.39 is 5.60 Å². The van der Waals surface area contributed by atoms with Crippen molar-refractivity contribution in [3.8, 4) is 0 Å². The highest BCUT2D eigenvalue weighted by Crippen LogP contribution is 2.19. The molecule has 0 radical (unpaired) electrons. The highest BCUT2D eigenvalue weighted by atomic mass is 16.6. The summed E-state index contributed by atoms with van der Waals surface area (Å²) in [6.07, 6.45) is 4.61. The number of carbonyl (C=O) groups excluding carboxylic acids is 1. The number of hydrogen-bond donors (Lipinski definition) is 2. The van der Waals surface area contributed by atoms with Crippen LogP contribution in [0.15, 0.2) is 12.7 Å². The van der Waals surface area contributed by atoms with E-state index in [1.165, 1.54) is 0 Å². The Bertz CT molecular complexity index is 271. The van der Waals surface area contributed by atoms with Crippen molar-refractivity contribution in [1.29, 1.82) is 0 Å². The Hall–Kier alpha value is -1.03. The first kappa shape index (κ1) is 14.0. The van der Waals surface area contributed by atoms with Crippen LogP contribution < -0.4 is 10.6 Å². The maximum atomic E-state index is 11.6. The van der Waals surface area contributed by atoms with Crippen molar-refractivity contribution in [3.05, 3.63) is 12.7 Å². The molecule has 0 aromatic heterocycles. The van der Waals surface area contributed by atoms with Gasteiger partial charge in [0.1, 0.15) is 5.60 Å². The predicted octanol–water partition coefficient (Wildman–Crippen LogP) is 2.21. The van der Waals surface area contributed by atoms with Gasteiger partial charge in [0.25, 0.3) is 0 Å². The molecule has 0 bridgehead atoms. The molecule has 0 spiro atoms. The van der Waals surface area contributed by atoms with Crippen molar-refractivity contribution in [2.24, 2.45) is 0 Å². The minimum Gasteiger partial charge on any atom is -0.444 e. The van der Waals surface area contributed by atoms with Crippen LogP contribution in [-0.2, 0) is 4.74 Å². The lowest BCUT2D eigenvalue weighted by molar-refractivity contribution is 0.0505. The van der Waals surface area contributed by atoms with Crippen LogP contribution in [0.25, 0.3) is 0 Å². The quantitative estimate of drug-likeness (QED) is 0.741. The molecule has 17 heavy (non-hydrogen) atoms. The van der Waals surface area contributed by atoms with Gasteiger partial charge < -0.3 is 15.4 Å². The monoisotopic (exact) mass is 240 g/mol. The number of nitrogens with one attached hydrogen (secondary N) is 2. The molecule has 4 heteroatoms. The Morgan fingerprint density at radius 2 is 2.06 bits per heavy atom. The van der Waals surface area contributed by atoms with Crippen molar-refractivity contribution < 1.29 is 9.53 Å². The number of ether oxygens (including phenoxy) is 1. The van der Waals surface area contributed by atoms with E-state index in [0.29, 0.717) is 6.04 Å². The van der Waals surface area contributed by atoms with Crippen LogP contribution in [0.1, 0.15) is 40.0 Å². The number of hydrogen-bond acceptors (Lipinski definition) is 3. The van der Waals surface area contributed by atoms with E-state index >= 15 is 0 Å². The zero-order valence-electron chi connectivity index (χ0n) is 11.1. The van der Waals surface area contributed by atoms with Crippen molar-refractivity contribution in [3.63, 3.8) is 0 Å². The average molecular weight is 240 g/mol. The molecule has 2 atom stereocenters. The third kappa shape index (κ3) is 5.73. The van der Waals surface area contributed by atoms with Gasteiger partial charge in [0, 0.05) is 18.6 Å². The maximum Gasteiger partial charge on any atom is 0.407 e. The normalized spacial score (nSPS) is 24.4. The van der Waals surface area contributed by atoms with Gasteiger partial charge in [0.05, 0.1) is 0 Å². The second-order valence-electron chi connectivity index (χ2n) is 5.55. The summed E-state index contributed by atoms with van der Waals surface area (Å²) < 4.78 is 5.23.